The van der Waals surface area contributed by atoms with E-state index >= 15 is 0 Å². The number of hydrogen-bond acceptors (Lipinski definition) is 4. The number of aromatic nitrogens is 1. The normalized spacial score (nSPS) is 22.7. The summed E-state index contributed by atoms with van der Waals surface area (Å²) in [5, 5.41) is 0. The first-order valence-corrected chi connectivity index (χ1v) is 8.72. The molecule has 130 valence electrons. The van der Waals surface area contributed by atoms with Crippen molar-refractivity contribution in [2.75, 3.05) is 26.2 Å². The number of furan rings is 1. The Kier molecular flexibility index (Phi) is 4.26. The highest BCUT2D eigenvalue weighted by Gasteiger charge is 2.47. The lowest BCUT2D eigenvalue weighted by atomic mass is 10.2. The summed E-state index contributed by atoms with van der Waals surface area (Å²) in [5.74, 6) is 1.44. The van der Waals surface area contributed by atoms with Gasteiger partial charge in [0.05, 0.1) is 12.7 Å². The molecule has 0 N–H and O–H groups in total. The topological polar surface area (TPSA) is 66.7 Å². The van der Waals surface area contributed by atoms with Crippen LogP contribution < -0.4 is 0 Å². The summed E-state index contributed by atoms with van der Waals surface area (Å²) in [6, 6.07) is 9.39. The molecule has 1 aliphatic heterocycles. The zero-order chi connectivity index (χ0) is 17.2. The Balaban J connectivity index is 1.27. The first-order valence-electron chi connectivity index (χ1n) is 8.72. The minimum atomic E-state index is 0.0434. The zero-order valence-corrected chi connectivity index (χ0v) is 14.0. The molecule has 0 radical (unpaired) electrons. The van der Waals surface area contributed by atoms with Gasteiger partial charge in [-0.1, -0.05) is 6.07 Å². The third-order valence-electron chi connectivity index (χ3n) is 5.02. The highest BCUT2D eigenvalue weighted by molar-refractivity contribution is 5.83. The van der Waals surface area contributed by atoms with Gasteiger partial charge < -0.3 is 14.2 Å². The third kappa shape index (κ3) is 3.43. The van der Waals surface area contributed by atoms with E-state index in [4.69, 9.17) is 4.42 Å². The Bertz CT molecular complexity index is 737. The number of pyridine rings is 1. The summed E-state index contributed by atoms with van der Waals surface area (Å²) in [5.41, 5.74) is 0.783. The van der Waals surface area contributed by atoms with Crippen molar-refractivity contribution in [3.05, 3.63) is 54.2 Å². The fourth-order valence-electron chi connectivity index (χ4n) is 3.46. The molecular formula is C19H21N3O3. The van der Waals surface area contributed by atoms with Crippen LogP contribution in [0.5, 0.6) is 0 Å². The molecule has 2 aliphatic rings. The molecule has 2 aromatic rings. The highest BCUT2D eigenvalue weighted by atomic mass is 16.3. The van der Waals surface area contributed by atoms with Crippen LogP contribution in [0.4, 0.5) is 0 Å². The lowest BCUT2D eigenvalue weighted by molar-refractivity contribution is -0.140. The van der Waals surface area contributed by atoms with Crippen molar-refractivity contribution in [3.8, 4) is 0 Å². The maximum Gasteiger partial charge on any atom is 0.228 e. The van der Waals surface area contributed by atoms with Gasteiger partial charge in [0.15, 0.2) is 0 Å². The highest BCUT2D eigenvalue weighted by Crippen LogP contribution is 2.48. The number of nitrogens with zero attached hydrogens (tertiary/aromatic N) is 3. The van der Waals surface area contributed by atoms with Crippen molar-refractivity contribution < 1.29 is 14.0 Å². The summed E-state index contributed by atoms with van der Waals surface area (Å²) in [4.78, 5) is 32.9. The standard InChI is InChI=1S/C19H21N3O3/c23-18(12-14-4-1-2-6-20-14)21-7-9-22(10-8-21)19(24)16-13-15(16)17-5-3-11-25-17/h1-6,11,15-16H,7-10,12-13H2/t15-,16-/m1/s1. The van der Waals surface area contributed by atoms with Crippen LogP contribution in [0.15, 0.2) is 47.2 Å². The van der Waals surface area contributed by atoms with Crippen LogP contribution in [0, 0.1) is 5.92 Å². The number of rotatable bonds is 4. The molecule has 2 fully saturated rings. The molecule has 3 heterocycles. The Morgan fingerprint density at radius 2 is 1.88 bits per heavy atom. The zero-order valence-electron chi connectivity index (χ0n) is 14.0. The fourth-order valence-corrected chi connectivity index (χ4v) is 3.46. The second-order valence-corrected chi connectivity index (χ2v) is 6.67. The molecular weight excluding hydrogens is 318 g/mol. The smallest absolute Gasteiger partial charge is 0.228 e. The maximum atomic E-state index is 12.6. The molecule has 2 aromatic heterocycles. The van der Waals surface area contributed by atoms with Crippen molar-refractivity contribution in [3.63, 3.8) is 0 Å². The molecule has 6 nitrogen and oxygen atoms in total. The van der Waals surface area contributed by atoms with Gasteiger partial charge in [0, 0.05) is 49.9 Å². The average Bonchev–Trinajstić information content (AvgIpc) is 3.26. The van der Waals surface area contributed by atoms with Crippen LogP contribution in [-0.4, -0.2) is 52.8 Å². The minimum absolute atomic E-state index is 0.0434. The Morgan fingerprint density at radius 1 is 1.08 bits per heavy atom. The van der Waals surface area contributed by atoms with Gasteiger partial charge in [0.1, 0.15) is 5.76 Å². The van der Waals surface area contributed by atoms with E-state index in [-0.39, 0.29) is 23.7 Å². The van der Waals surface area contributed by atoms with Gasteiger partial charge in [-0.15, -0.1) is 0 Å². The summed E-state index contributed by atoms with van der Waals surface area (Å²) < 4.78 is 5.40. The van der Waals surface area contributed by atoms with Crippen LogP contribution in [0.25, 0.3) is 0 Å². The Labute approximate surface area is 146 Å². The molecule has 1 aliphatic carbocycles. The fraction of sp³-hybridized carbons (Fsp3) is 0.421. The van der Waals surface area contributed by atoms with E-state index in [9.17, 15) is 9.59 Å². The second-order valence-electron chi connectivity index (χ2n) is 6.67. The van der Waals surface area contributed by atoms with Crippen LogP contribution in [0.3, 0.4) is 0 Å². The predicted octanol–water partition coefficient (Wildman–Crippen LogP) is 1.69. The number of amides is 2. The lowest BCUT2D eigenvalue weighted by Gasteiger charge is -2.35. The van der Waals surface area contributed by atoms with Crippen LogP contribution in [-0.2, 0) is 16.0 Å². The SMILES string of the molecule is O=C(Cc1ccccn1)N1CCN(C(=O)[C@@H]2C[C@H]2c2ccco2)CC1. The monoisotopic (exact) mass is 339 g/mol. The molecule has 2 amide bonds. The molecule has 0 aromatic carbocycles. The average molecular weight is 339 g/mol. The number of carbonyl (C=O) groups excluding carboxylic acids is 2. The van der Waals surface area contributed by atoms with Gasteiger partial charge in [0.2, 0.25) is 11.8 Å². The molecule has 0 spiro atoms. The molecule has 6 heteroatoms. The summed E-state index contributed by atoms with van der Waals surface area (Å²) in [6.45, 7) is 2.40. The van der Waals surface area contributed by atoms with Crippen molar-refractivity contribution in [1.29, 1.82) is 0 Å². The van der Waals surface area contributed by atoms with Crippen LogP contribution in [0.2, 0.25) is 0 Å². The van der Waals surface area contributed by atoms with Crippen molar-refractivity contribution in [2.24, 2.45) is 5.92 Å². The number of piperazine rings is 1. The molecule has 25 heavy (non-hydrogen) atoms. The number of hydrogen-bond donors (Lipinski definition) is 0. The predicted molar refractivity (Wildman–Crippen MR) is 90.7 cm³/mol. The van der Waals surface area contributed by atoms with E-state index in [1.165, 1.54) is 0 Å². The molecule has 1 saturated carbocycles. The first-order chi connectivity index (χ1) is 12.2. The summed E-state index contributed by atoms with van der Waals surface area (Å²) in [6.07, 6.45) is 4.54. The molecule has 0 bridgehead atoms. The van der Waals surface area contributed by atoms with Crippen LogP contribution >= 0.6 is 0 Å². The molecule has 1 saturated heterocycles. The van der Waals surface area contributed by atoms with Gasteiger partial charge in [-0.2, -0.15) is 0 Å². The third-order valence-corrected chi connectivity index (χ3v) is 5.02. The quantitative estimate of drug-likeness (QED) is 0.850. The summed E-state index contributed by atoms with van der Waals surface area (Å²) in [7, 11) is 0. The van der Waals surface area contributed by atoms with Crippen molar-refractivity contribution in [2.45, 2.75) is 18.8 Å². The second kappa shape index (κ2) is 6.70. The molecule has 4 rings (SSSR count). The van der Waals surface area contributed by atoms with Crippen LogP contribution in [0.1, 0.15) is 23.8 Å². The van der Waals surface area contributed by atoms with E-state index in [1.807, 2.05) is 40.1 Å². The van der Waals surface area contributed by atoms with Gasteiger partial charge >= 0.3 is 0 Å². The van der Waals surface area contributed by atoms with E-state index in [0.29, 0.717) is 32.6 Å². The summed E-state index contributed by atoms with van der Waals surface area (Å²) >= 11 is 0. The van der Waals surface area contributed by atoms with Gasteiger partial charge in [-0.05, 0) is 30.7 Å². The van der Waals surface area contributed by atoms with E-state index in [1.54, 1.807) is 12.5 Å². The molecule has 2 atom stereocenters. The first kappa shape index (κ1) is 15.9. The molecule has 0 unspecified atom stereocenters. The van der Waals surface area contributed by atoms with Gasteiger partial charge in [-0.3, -0.25) is 14.6 Å². The minimum Gasteiger partial charge on any atom is -0.469 e. The van der Waals surface area contributed by atoms with Crippen molar-refractivity contribution in [1.82, 2.24) is 14.8 Å². The van der Waals surface area contributed by atoms with Gasteiger partial charge in [0.25, 0.3) is 0 Å². The Hall–Kier alpha value is -2.63. The maximum absolute atomic E-state index is 12.6. The van der Waals surface area contributed by atoms with Crippen molar-refractivity contribution >= 4 is 11.8 Å². The van der Waals surface area contributed by atoms with Gasteiger partial charge in [-0.25, -0.2) is 0 Å². The Morgan fingerprint density at radius 3 is 2.56 bits per heavy atom. The lowest BCUT2D eigenvalue weighted by Crippen LogP contribution is -2.51. The number of carbonyl (C=O) groups is 2. The van der Waals surface area contributed by atoms with E-state index in [2.05, 4.69) is 4.98 Å². The van der Waals surface area contributed by atoms with E-state index in [0.717, 1.165) is 17.9 Å². The van der Waals surface area contributed by atoms with E-state index < -0.39 is 0 Å². The largest absolute Gasteiger partial charge is 0.469 e.